The molecule has 0 aliphatic carbocycles. The summed E-state index contributed by atoms with van der Waals surface area (Å²) in [5, 5.41) is 6.10. The van der Waals surface area contributed by atoms with Crippen LogP contribution in [-0.4, -0.2) is 18.7 Å². The Balaban J connectivity index is 2.54. The van der Waals surface area contributed by atoms with E-state index in [1.54, 1.807) is 6.92 Å². The van der Waals surface area contributed by atoms with E-state index >= 15 is 0 Å². The van der Waals surface area contributed by atoms with Gasteiger partial charge in [-0.05, 0) is 44.0 Å². The first-order valence-corrected chi connectivity index (χ1v) is 6.49. The maximum atomic E-state index is 11.2. The van der Waals surface area contributed by atoms with Gasteiger partial charge in [0.1, 0.15) is 0 Å². The number of ether oxygens (including phenoxy) is 1. The van der Waals surface area contributed by atoms with E-state index < -0.39 is 6.09 Å². The number of nitrogens with one attached hydrogen (secondary N) is 2. The molecule has 0 unspecified atom stereocenters. The maximum Gasteiger partial charge on any atom is 0.411 e. The lowest BCUT2D eigenvalue weighted by atomic mass is 10.1. The first kappa shape index (κ1) is 14.4. The van der Waals surface area contributed by atoms with Gasteiger partial charge in [0.05, 0.1) is 6.61 Å². The van der Waals surface area contributed by atoms with Crippen molar-refractivity contribution in [2.75, 3.05) is 17.2 Å². The van der Waals surface area contributed by atoms with Crippen molar-refractivity contribution in [3.63, 3.8) is 0 Å². The van der Waals surface area contributed by atoms with Crippen molar-refractivity contribution in [2.24, 2.45) is 0 Å². The van der Waals surface area contributed by atoms with Gasteiger partial charge >= 0.3 is 6.09 Å². The van der Waals surface area contributed by atoms with Gasteiger partial charge in [0, 0.05) is 17.4 Å². The van der Waals surface area contributed by atoms with Crippen LogP contribution < -0.4 is 10.6 Å². The molecular formula is C14H22N2O2. The molecule has 4 heteroatoms. The average Bonchev–Trinajstić information content (AvgIpc) is 2.38. The summed E-state index contributed by atoms with van der Waals surface area (Å²) >= 11 is 0. The van der Waals surface area contributed by atoms with Crippen LogP contribution >= 0.6 is 0 Å². The van der Waals surface area contributed by atoms with Crippen LogP contribution in [0.3, 0.4) is 0 Å². The number of amides is 1. The summed E-state index contributed by atoms with van der Waals surface area (Å²) in [6.45, 7) is 6.48. The Labute approximate surface area is 109 Å². The van der Waals surface area contributed by atoms with Gasteiger partial charge < -0.3 is 10.1 Å². The van der Waals surface area contributed by atoms with Gasteiger partial charge in [-0.1, -0.05) is 13.8 Å². The Morgan fingerprint density at radius 3 is 2.17 bits per heavy atom. The predicted molar refractivity (Wildman–Crippen MR) is 75.1 cm³/mol. The number of carbonyl (C=O) groups is 1. The molecule has 100 valence electrons. The molecule has 0 heterocycles. The summed E-state index contributed by atoms with van der Waals surface area (Å²) in [4.78, 5) is 11.2. The highest BCUT2D eigenvalue weighted by Crippen LogP contribution is 2.16. The van der Waals surface area contributed by atoms with Crippen molar-refractivity contribution >= 4 is 17.5 Å². The van der Waals surface area contributed by atoms with Gasteiger partial charge in [0.2, 0.25) is 0 Å². The van der Waals surface area contributed by atoms with Crippen molar-refractivity contribution in [2.45, 2.75) is 39.7 Å². The number of benzene rings is 1. The van der Waals surface area contributed by atoms with Crippen LogP contribution in [0.1, 0.15) is 33.6 Å². The largest absolute Gasteiger partial charge is 0.450 e. The molecule has 4 nitrogen and oxygen atoms in total. The Hall–Kier alpha value is -1.71. The van der Waals surface area contributed by atoms with E-state index in [1.807, 2.05) is 24.3 Å². The molecule has 0 radical (unpaired) electrons. The quantitative estimate of drug-likeness (QED) is 0.806. The van der Waals surface area contributed by atoms with Crippen LogP contribution in [0.2, 0.25) is 0 Å². The van der Waals surface area contributed by atoms with Crippen LogP contribution in [0.25, 0.3) is 0 Å². The van der Waals surface area contributed by atoms with Crippen LogP contribution in [0.4, 0.5) is 16.2 Å². The molecule has 18 heavy (non-hydrogen) atoms. The fraction of sp³-hybridized carbons (Fsp3) is 0.500. The molecule has 0 saturated carbocycles. The minimum atomic E-state index is -0.418. The second kappa shape index (κ2) is 7.58. The van der Waals surface area contributed by atoms with Gasteiger partial charge in [-0.3, -0.25) is 5.32 Å². The number of rotatable bonds is 6. The minimum absolute atomic E-state index is 0.375. The third-order valence-electron chi connectivity index (χ3n) is 2.76. The fourth-order valence-electron chi connectivity index (χ4n) is 1.66. The van der Waals surface area contributed by atoms with E-state index in [-0.39, 0.29) is 0 Å². The van der Waals surface area contributed by atoms with E-state index in [9.17, 15) is 4.79 Å². The third kappa shape index (κ3) is 4.65. The Morgan fingerprint density at radius 1 is 1.11 bits per heavy atom. The van der Waals surface area contributed by atoms with Crippen LogP contribution in [0.5, 0.6) is 0 Å². The molecule has 0 bridgehead atoms. The fourth-order valence-corrected chi connectivity index (χ4v) is 1.66. The summed E-state index contributed by atoms with van der Waals surface area (Å²) in [6.07, 6.45) is 1.77. The third-order valence-corrected chi connectivity index (χ3v) is 2.76. The lowest BCUT2D eigenvalue weighted by Gasteiger charge is -2.16. The van der Waals surface area contributed by atoms with Crippen molar-refractivity contribution in [1.82, 2.24) is 0 Å². The number of hydrogen-bond acceptors (Lipinski definition) is 3. The van der Waals surface area contributed by atoms with Crippen LogP contribution in [-0.2, 0) is 4.74 Å². The van der Waals surface area contributed by atoms with Crippen molar-refractivity contribution in [3.8, 4) is 0 Å². The van der Waals surface area contributed by atoms with Crippen LogP contribution in [0, 0.1) is 0 Å². The van der Waals surface area contributed by atoms with Crippen molar-refractivity contribution < 1.29 is 9.53 Å². The molecule has 1 aromatic rings. The Kier molecular flexibility index (Phi) is 6.05. The zero-order chi connectivity index (χ0) is 13.4. The highest BCUT2D eigenvalue weighted by atomic mass is 16.5. The summed E-state index contributed by atoms with van der Waals surface area (Å²) < 4.78 is 4.81. The standard InChI is InChI=1S/C14H22N2O2/c1-4-11(5-2)15-12-7-9-13(10-8-12)16-14(17)18-6-3/h7-11,15H,4-6H2,1-3H3,(H,16,17). The van der Waals surface area contributed by atoms with E-state index in [0.717, 1.165) is 24.2 Å². The minimum Gasteiger partial charge on any atom is -0.450 e. The normalized spacial score (nSPS) is 10.2. The predicted octanol–water partition coefficient (Wildman–Crippen LogP) is 3.86. The first-order chi connectivity index (χ1) is 8.69. The van der Waals surface area contributed by atoms with Crippen molar-refractivity contribution in [3.05, 3.63) is 24.3 Å². The second-order valence-corrected chi connectivity index (χ2v) is 4.08. The molecule has 0 fully saturated rings. The van der Waals surface area contributed by atoms with E-state index in [0.29, 0.717) is 12.6 Å². The van der Waals surface area contributed by atoms with E-state index in [2.05, 4.69) is 24.5 Å². The topological polar surface area (TPSA) is 50.4 Å². The number of hydrogen-bond donors (Lipinski definition) is 2. The molecule has 1 rings (SSSR count). The van der Waals surface area contributed by atoms with Crippen molar-refractivity contribution in [1.29, 1.82) is 0 Å². The molecule has 0 aliphatic rings. The lowest BCUT2D eigenvalue weighted by Crippen LogP contribution is -2.17. The van der Waals surface area contributed by atoms with Gasteiger partial charge in [0.15, 0.2) is 0 Å². The molecule has 2 N–H and O–H groups in total. The second-order valence-electron chi connectivity index (χ2n) is 4.08. The summed E-state index contributed by atoms with van der Waals surface area (Å²) in [5.74, 6) is 0. The van der Waals surface area contributed by atoms with Gasteiger partial charge in [-0.15, -0.1) is 0 Å². The molecule has 1 amide bonds. The molecule has 0 aromatic heterocycles. The maximum absolute atomic E-state index is 11.2. The lowest BCUT2D eigenvalue weighted by molar-refractivity contribution is 0.168. The van der Waals surface area contributed by atoms with Gasteiger partial charge in [-0.25, -0.2) is 4.79 Å². The zero-order valence-electron chi connectivity index (χ0n) is 11.3. The molecule has 0 aliphatic heterocycles. The Bertz CT molecular complexity index is 359. The smallest absolute Gasteiger partial charge is 0.411 e. The highest BCUT2D eigenvalue weighted by molar-refractivity contribution is 5.84. The van der Waals surface area contributed by atoms with Gasteiger partial charge in [0.25, 0.3) is 0 Å². The number of anilines is 2. The average molecular weight is 250 g/mol. The van der Waals surface area contributed by atoms with Gasteiger partial charge in [-0.2, -0.15) is 0 Å². The summed E-state index contributed by atoms with van der Waals surface area (Å²) in [7, 11) is 0. The first-order valence-electron chi connectivity index (χ1n) is 6.49. The van der Waals surface area contributed by atoms with E-state index in [1.165, 1.54) is 0 Å². The molecule has 0 saturated heterocycles. The summed E-state index contributed by atoms with van der Waals surface area (Å²) in [6, 6.07) is 8.14. The van der Waals surface area contributed by atoms with E-state index in [4.69, 9.17) is 4.74 Å². The molecule has 1 aromatic carbocycles. The highest BCUT2D eigenvalue weighted by Gasteiger charge is 2.04. The molecular weight excluding hydrogens is 228 g/mol. The van der Waals surface area contributed by atoms with Crippen LogP contribution in [0.15, 0.2) is 24.3 Å². The zero-order valence-corrected chi connectivity index (χ0v) is 11.3. The Morgan fingerprint density at radius 2 is 1.67 bits per heavy atom. The molecule has 0 atom stereocenters. The summed E-state index contributed by atoms with van der Waals surface area (Å²) in [5.41, 5.74) is 1.81. The SMILES string of the molecule is CCOC(=O)Nc1ccc(NC(CC)CC)cc1. The number of carbonyl (C=O) groups excluding carboxylic acids is 1. The monoisotopic (exact) mass is 250 g/mol. The molecule has 0 spiro atoms.